The van der Waals surface area contributed by atoms with Gasteiger partial charge in [-0.3, -0.25) is 4.79 Å². The summed E-state index contributed by atoms with van der Waals surface area (Å²) in [6.45, 7) is 10.4. The Hall–Kier alpha value is -0.910. The Morgan fingerprint density at radius 2 is 1.39 bits per heavy atom. The molecule has 0 aliphatic rings. The molecule has 0 aliphatic heterocycles. The Morgan fingerprint density at radius 1 is 0.839 bits per heavy atom. The molecule has 0 heterocycles. The fourth-order valence-electron chi connectivity index (χ4n) is 3.83. The van der Waals surface area contributed by atoms with Crippen LogP contribution >= 0.6 is 0 Å². The monoisotopic (exact) mass is 442 g/mol. The van der Waals surface area contributed by atoms with Gasteiger partial charge in [-0.1, -0.05) is 84.3 Å². The highest BCUT2D eigenvalue weighted by Gasteiger charge is 2.21. The maximum atomic E-state index is 11.8. The van der Waals surface area contributed by atoms with E-state index in [1.165, 1.54) is 56.9 Å². The summed E-state index contributed by atoms with van der Waals surface area (Å²) < 4.78 is 5.00. The molecule has 0 aliphatic carbocycles. The zero-order valence-corrected chi connectivity index (χ0v) is 20.8. The average molecular weight is 443 g/mol. The quantitative estimate of drug-likeness (QED) is 0.184. The maximum absolute atomic E-state index is 11.8. The second-order valence-electron chi connectivity index (χ2n) is 9.91. The van der Waals surface area contributed by atoms with Crippen molar-refractivity contribution in [1.82, 2.24) is 0 Å². The van der Waals surface area contributed by atoms with Crippen molar-refractivity contribution in [3.63, 3.8) is 0 Å². The van der Waals surface area contributed by atoms with Crippen molar-refractivity contribution in [1.29, 1.82) is 0 Å². The van der Waals surface area contributed by atoms with Gasteiger partial charge in [-0.2, -0.15) is 0 Å². The van der Waals surface area contributed by atoms with E-state index in [2.05, 4.69) is 40.7 Å². The zero-order chi connectivity index (χ0) is 23.6. The van der Waals surface area contributed by atoms with Crippen molar-refractivity contribution < 1.29 is 24.9 Å². The Morgan fingerprint density at radius 3 is 1.90 bits per heavy atom. The first-order valence-corrected chi connectivity index (χ1v) is 12.4. The Balaban J connectivity index is 3.88. The molecule has 0 rings (SSSR count). The Kier molecular flexibility index (Phi) is 18.1. The van der Waals surface area contributed by atoms with E-state index >= 15 is 0 Å². The summed E-state index contributed by atoms with van der Waals surface area (Å²) in [5.41, 5.74) is 1.29. The van der Waals surface area contributed by atoms with E-state index in [1.807, 2.05) is 0 Å². The number of rotatable bonds is 19. The smallest absolute Gasteiger partial charge is 0.306 e. The highest BCUT2D eigenvalue weighted by Crippen LogP contribution is 2.22. The number of esters is 1. The van der Waals surface area contributed by atoms with Gasteiger partial charge in [-0.05, 0) is 43.9 Å². The van der Waals surface area contributed by atoms with E-state index in [4.69, 9.17) is 14.9 Å². The first-order chi connectivity index (χ1) is 14.7. The van der Waals surface area contributed by atoms with Crippen LogP contribution in [0.25, 0.3) is 0 Å². The van der Waals surface area contributed by atoms with E-state index in [0.29, 0.717) is 6.42 Å². The number of hydrogen-bond donors (Lipinski definition) is 3. The van der Waals surface area contributed by atoms with Crippen molar-refractivity contribution in [2.75, 3.05) is 13.2 Å². The van der Waals surface area contributed by atoms with Gasteiger partial charge in [0.15, 0.2) is 6.10 Å². The van der Waals surface area contributed by atoms with E-state index in [1.54, 1.807) is 0 Å². The number of aliphatic hydroxyl groups is 3. The predicted octanol–water partition coefficient (Wildman–Crippen LogP) is 5.41. The lowest BCUT2D eigenvalue weighted by Crippen LogP contribution is -2.36. The third-order valence-corrected chi connectivity index (χ3v) is 6.06. The number of hydrogen-bond acceptors (Lipinski definition) is 5. The van der Waals surface area contributed by atoms with Crippen LogP contribution in [0.5, 0.6) is 0 Å². The SMILES string of the molecule is CC(=CCCC(=O)O[C@@H](CO)[C@H](O)CO)CCCC(C)CCCC(C)CCCC(C)C. The molecule has 3 N–H and O–H groups in total. The number of carbonyl (C=O) groups is 1. The van der Waals surface area contributed by atoms with Crippen molar-refractivity contribution in [2.24, 2.45) is 17.8 Å². The molecule has 5 nitrogen and oxygen atoms in total. The van der Waals surface area contributed by atoms with Crippen molar-refractivity contribution in [3.8, 4) is 0 Å². The van der Waals surface area contributed by atoms with Gasteiger partial charge in [-0.25, -0.2) is 0 Å². The summed E-state index contributed by atoms with van der Waals surface area (Å²) in [5.74, 6) is 1.96. The molecule has 4 atom stereocenters. The van der Waals surface area contributed by atoms with Crippen LogP contribution in [0.2, 0.25) is 0 Å². The van der Waals surface area contributed by atoms with Crippen LogP contribution in [0.4, 0.5) is 0 Å². The fraction of sp³-hybridized carbons (Fsp3) is 0.885. The van der Waals surface area contributed by atoms with Gasteiger partial charge in [0.2, 0.25) is 0 Å². The maximum Gasteiger partial charge on any atom is 0.306 e. The van der Waals surface area contributed by atoms with Gasteiger partial charge >= 0.3 is 5.97 Å². The van der Waals surface area contributed by atoms with Crippen LogP contribution in [-0.4, -0.2) is 46.7 Å². The second kappa shape index (κ2) is 18.6. The minimum atomic E-state index is -1.25. The number of carbonyl (C=O) groups excluding carboxylic acids is 1. The molecule has 0 bridgehead atoms. The summed E-state index contributed by atoms with van der Waals surface area (Å²) in [5, 5.41) is 27.4. The topological polar surface area (TPSA) is 87.0 Å². The van der Waals surface area contributed by atoms with Gasteiger partial charge in [-0.15, -0.1) is 0 Å². The molecule has 0 radical (unpaired) electrons. The van der Waals surface area contributed by atoms with Gasteiger partial charge in [0, 0.05) is 6.42 Å². The lowest BCUT2D eigenvalue weighted by molar-refractivity contribution is -0.159. The molecule has 0 aromatic rings. The molecular weight excluding hydrogens is 392 g/mol. The predicted molar refractivity (Wildman–Crippen MR) is 128 cm³/mol. The molecule has 31 heavy (non-hydrogen) atoms. The highest BCUT2D eigenvalue weighted by atomic mass is 16.6. The summed E-state index contributed by atoms with van der Waals surface area (Å²) in [4.78, 5) is 11.8. The van der Waals surface area contributed by atoms with Crippen LogP contribution in [0.15, 0.2) is 11.6 Å². The Labute approximate surface area is 191 Å². The molecule has 0 fully saturated rings. The number of allylic oxidation sites excluding steroid dienone is 2. The van der Waals surface area contributed by atoms with Crippen molar-refractivity contribution >= 4 is 5.97 Å². The van der Waals surface area contributed by atoms with Crippen LogP contribution < -0.4 is 0 Å². The molecule has 0 aromatic carbocycles. The van der Waals surface area contributed by atoms with E-state index in [-0.39, 0.29) is 6.42 Å². The summed E-state index contributed by atoms with van der Waals surface area (Å²) in [6, 6.07) is 0. The normalized spacial score (nSPS) is 16.2. The number of aliphatic hydroxyl groups excluding tert-OH is 3. The van der Waals surface area contributed by atoms with E-state index in [9.17, 15) is 9.90 Å². The molecule has 184 valence electrons. The molecule has 0 aromatic heterocycles. The molecule has 0 amide bonds. The molecule has 0 spiro atoms. The second-order valence-corrected chi connectivity index (χ2v) is 9.91. The minimum Gasteiger partial charge on any atom is -0.457 e. The van der Waals surface area contributed by atoms with Crippen LogP contribution in [0.3, 0.4) is 0 Å². The Bertz CT molecular complexity index is 474. The van der Waals surface area contributed by atoms with Crippen molar-refractivity contribution in [2.45, 2.75) is 117 Å². The van der Waals surface area contributed by atoms with Crippen LogP contribution in [-0.2, 0) is 9.53 Å². The van der Waals surface area contributed by atoms with Crippen molar-refractivity contribution in [3.05, 3.63) is 11.6 Å². The van der Waals surface area contributed by atoms with Gasteiger partial charge < -0.3 is 20.1 Å². The van der Waals surface area contributed by atoms with Crippen LogP contribution in [0.1, 0.15) is 105 Å². The van der Waals surface area contributed by atoms with E-state index < -0.39 is 31.4 Å². The fourth-order valence-corrected chi connectivity index (χ4v) is 3.83. The third-order valence-electron chi connectivity index (χ3n) is 6.06. The molecular formula is C26H50O5. The molecule has 0 saturated carbocycles. The standard InChI is InChI=1S/C26H50O5/c1-20(2)10-6-11-21(3)12-7-13-22(4)14-8-15-23(5)16-9-17-26(30)31-25(19-28)24(29)18-27/h16,20-22,24-25,27-29H,6-15,17-19H2,1-5H3/t21?,22?,24-,25+/m1/s1. The molecule has 0 saturated heterocycles. The average Bonchev–Trinajstić information content (AvgIpc) is 2.71. The minimum absolute atomic E-state index is 0.206. The summed E-state index contributed by atoms with van der Waals surface area (Å²) in [6.07, 6.45) is 12.1. The first kappa shape index (κ1) is 30.1. The van der Waals surface area contributed by atoms with Crippen LogP contribution in [0, 0.1) is 17.8 Å². The lowest BCUT2D eigenvalue weighted by atomic mass is 9.91. The lowest BCUT2D eigenvalue weighted by Gasteiger charge is -2.19. The van der Waals surface area contributed by atoms with Gasteiger partial charge in [0.05, 0.1) is 13.2 Å². The first-order valence-electron chi connectivity index (χ1n) is 12.4. The summed E-state index contributed by atoms with van der Waals surface area (Å²) in [7, 11) is 0. The number of ether oxygens (including phenoxy) is 1. The zero-order valence-electron chi connectivity index (χ0n) is 20.8. The third kappa shape index (κ3) is 17.3. The van der Waals surface area contributed by atoms with Gasteiger partial charge in [0.1, 0.15) is 6.10 Å². The van der Waals surface area contributed by atoms with Gasteiger partial charge in [0.25, 0.3) is 0 Å². The van der Waals surface area contributed by atoms with E-state index in [0.717, 1.165) is 24.2 Å². The summed E-state index contributed by atoms with van der Waals surface area (Å²) >= 11 is 0. The molecule has 5 heteroatoms. The highest BCUT2D eigenvalue weighted by molar-refractivity contribution is 5.69. The largest absolute Gasteiger partial charge is 0.457 e. The molecule has 2 unspecified atom stereocenters.